The Bertz CT molecular complexity index is 805. The van der Waals surface area contributed by atoms with Gasteiger partial charge in [0.1, 0.15) is 6.26 Å². The Balaban J connectivity index is 1.58. The van der Waals surface area contributed by atoms with Crippen LogP contribution in [0, 0.1) is 0 Å². The maximum absolute atomic E-state index is 12.5. The van der Waals surface area contributed by atoms with Crippen molar-refractivity contribution >= 4 is 15.9 Å². The van der Waals surface area contributed by atoms with Crippen molar-refractivity contribution in [3.05, 3.63) is 54.0 Å². The zero-order chi connectivity index (χ0) is 17.9. The lowest BCUT2D eigenvalue weighted by Crippen LogP contribution is -2.46. The lowest BCUT2D eigenvalue weighted by Gasteiger charge is -2.32. The standard InChI is InChI=1S/C18H22N2O4S/c1-2-14-3-5-17(6-4-14)25(22,23)19-16-7-10-20(11-8-16)18(21)15-9-12-24-13-15/h3-6,9,12-13,16,19H,2,7-8,10-11H2,1H3. The Hall–Kier alpha value is -2.12. The minimum Gasteiger partial charge on any atom is -0.472 e. The van der Waals surface area contributed by atoms with Gasteiger partial charge in [0.15, 0.2) is 0 Å². The molecule has 2 heterocycles. The van der Waals surface area contributed by atoms with E-state index in [4.69, 9.17) is 4.42 Å². The molecule has 1 aromatic heterocycles. The Labute approximate surface area is 147 Å². The van der Waals surface area contributed by atoms with Crippen molar-refractivity contribution in [1.82, 2.24) is 9.62 Å². The second kappa shape index (κ2) is 7.41. The second-order valence-corrected chi connectivity index (χ2v) is 7.91. The molecule has 1 amide bonds. The molecule has 0 unspecified atom stereocenters. The van der Waals surface area contributed by atoms with Crippen LogP contribution in [0.4, 0.5) is 0 Å². The zero-order valence-corrected chi connectivity index (χ0v) is 15.0. The fraction of sp³-hybridized carbons (Fsp3) is 0.389. The molecule has 134 valence electrons. The van der Waals surface area contributed by atoms with Crippen LogP contribution in [-0.2, 0) is 16.4 Å². The molecule has 0 aliphatic carbocycles. The summed E-state index contributed by atoms with van der Waals surface area (Å²) in [5.74, 6) is -0.0785. The molecule has 7 heteroatoms. The predicted octanol–water partition coefficient (Wildman–Crippen LogP) is 2.43. The first-order valence-corrected chi connectivity index (χ1v) is 9.90. The van der Waals surface area contributed by atoms with Crippen LogP contribution in [0.3, 0.4) is 0 Å². The average molecular weight is 362 g/mol. The van der Waals surface area contributed by atoms with E-state index in [9.17, 15) is 13.2 Å². The van der Waals surface area contributed by atoms with Crippen molar-refractivity contribution in [3.8, 4) is 0 Å². The number of hydrogen-bond donors (Lipinski definition) is 1. The van der Waals surface area contributed by atoms with Gasteiger partial charge < -0.3 is 9.32 Å². The molecule has 6 nitrogen and oxygen atoms in total. The van der Waals surface area contributed by atoms with E-state index < -0.39 is 10.0 Å². The molecule has 1 fully saturated rings. The molecule has 0 atom stereocenters. The second-order valence-electron chi connectivity index (χ2n) is 6.20. The van der Waals surface area contributed by atoms with Gasteiger partial charge in [0.05, 0.1) is 16.7 Å². The number of sulfonamides is 1. The van der Waals surface area contributed by atoms with Crippen molar-refractivity contribution in [2.45, 2.75) is 37.1 Å². The van der Waals surface area contributed by atoms with E-state index in [1.165, 1.54) is 12.5 Å². The molecule has 1 saturated heterocycles. The van der Waals surface area contributed by atoms with Crippen LogP contribution in [0.2, 0.25) is 0 Å². The van der Waals surface area contributed by atoms with E-state index in [0.29, 0.717) is 31.5 Å². The molecular weight excluding hydrogens is 340 g/mol. The number of carbonyl (C=O) groups is 1. The van der Waals surface area contributed by atoms with Gasteiger partial charge in [-0.25, -0.2) is 13.1 Å². The summed E-state index contributed by atoms with van der Waals surface area (Å²) in [6.45, 7) is 3.07. The van der Waals surface area contributed by atoms with Crippen molar-refractivity contribution in [2.75, 3.05) is 13.1 Å². The molecule has 1 aliphatic heterocycles. The summed E-state index contributed by atoms with van der Waals surface area (Å²) in [6.07, 6.45) is 4.96. The number of nitrogens with one attached hydrogen (secondary N) is 1. The summed E-state index contributed by atoms with van der Waals surface area (Å²) in [5.41, 5.74) is 1.63. The highest BCUT2D eigenvalue weighted by Crippen LogP contribution is 2.17. The van der Waals surface area contributed by atoms with Gasteiger partial charge in [0.2, 0.25) is 10.0 Å². The van der Waals surface area contributed by atoms with Gasteiger partial charge in [-0.15, -0.1) is 0 Å². The normalized spacial score (nSPS) is 16.1. The molecule has 1 aromatic carbocycles. The van der Waals surface area contributed by atoms with Crippen LogP contribution < -0.4 is 4.72 Å². The van der Waals surface area contributed by atoms with Crippen molar-refractivity contribution in [1.29, 1.82) is 0 Å². The maximum Gasteiger partial charge on any atom is 0.257 e. The fourth-order valence-electron chi connectivity index (χ4n) is 2.96. The van der Waals surface area contributed by atoms with E-state index in [1.54, 1.807) is 23.1 Å². The third-order valence-corrected chi connectivity index (χ3v) is 6.05. The van der Waals surface area contributed by atoms with Crippen molar-refractivity contribution < 1.29 is 17.6 Å². The van der Waals surface area contributed by atoms with Crippen LogP contribution >= 0.6 is 0 Å². The van der Waals surface area contributed by atoms with Gasteiger partial charge in [-0.2, -0.15) is 0 Å². The Morgan fingerprint density at radius 2 is 1.88 bits per heavy atom. The molecule has 0 radical (unpaired) electrons. The number of benzene rings is 1. The molecular formula is C18H22N2O4S. The number of nitrogens with zero attached hydrogens (tertiary/aromatic N) is 1. The first kappa shape index (κ1) is 17.7. The van der Waals surface area contributed by atoms with Gasteiger partial charge >= 0.3 is 0 Å². The molecule has 2 aromatic rings. The smallest absolute Gasteiger partial charge is 0.257 e. The molecule has 0 spiro atoms. The highest BCUT2D eigenvalue weighted by molar-refractivity contribution is 7.89. The molecule has 1 aliphatic rings. The summed E-state index contributed by atoms with van der Waals surface area (Å²) in [5, 5.41) is 0. The Kier molecular flexibility index (Phi) is 5.24. The van der Waals surface area contributed by atoms with E-state index in [-0.39, 0.29) is 16.8 Å². The minimum absolute atomic E-state index is 0.0785. The number of aryl methyl sites for hydroxylation is 1. The highest BCUT2D eigenvalue weighted by atomic mass is 32.2. The van der Waals surface area contributed by atoms with Crippen LogP contribution in [-0.4, -0.2) is 38.4 Å². The van der Waals surface area contributed by atoms with Crippen LogP contribution in [0.15, 0.2) is 52.2 Å². The predicted molar refractivity (Wildman–Crippen MR) is 93.8 cm³/mol. The number of carbonyl (C=O) groups excluding carboxylic acids is 1. The first-order valence-electron chi connectivity index (χ1n) is 8.42. The third kappa shape index (κ3) is 4.11. The van der Waals surface area contributed by atoms with E-state index in [1.807, 2.05) is 19.1 Å². The van der Waals surface area contributed by atoms with Gasteiger partial charge in [-0.3, -0.25) is 4.79 Å². The number of amides is 1. The average Bonchev–Trinajstić information content (AvgIpc) is 3.16. The summed E-state index contributed by atoms with van der Waals surface area (Å²) in [6, 6.07) is 8.42. The van der Waals surface area contributed by atoms with Gasteiger partial charge in [-0.1, -0.05) is 19.1 Å². The van der Waals surface area contributed by atoms with Crippen molar-refractivity contribution in [3.63, 3.8) is 0 Å². The molecule has 1 N–H and O–H groups in total. The Morgan fingerprint density at radius 3 is 2.44 bits per heavy atom. The summed E-state index contributed by atoms with van der Waals surface area (Å²) in [4.78, 5) is 14.3. The summed E-state index contributed by atoms with van der Waals surface area (Å²) >= 11 is 0. The SMILES string of the molecule is CCc1ccc(S(=O)(=O)NC2CCN(C(=O)c3ccoc3)CC2)cc1. The van der Waals surface area contributed by atoms with Crippen LogP contribution in [0.25, 0.3) is 0 Å². The number of likely N-dealkylation sites (tertiary alicyclic amines) is 1. The highest BCUT2D eigenvalue weighted by Gasteiger charge is 2.27. The van der Waals surface area contributed by atoms with Gasteiger partial charge in [0, 0.05) is 19.1 Å². The lowest BCUT2D eigenvalue weighted by atomic mass is 10.1. The first-order chi connectivity index (χ1) is 12.0. The zero-order valence-electron chi connectivity index (χ0n) is 14.1. The molecule has 3 rings (SSSR count). The van der Waals surface area contributed by atoms with E-state index in [0.717, 1.165) is 12.0 Å². The van der Waals surface area contributed by atoms with E-state index >= 15 is 0 Å². The molecule has 0 saturated carbocycles. The van der Waals surface area contributed by atoms with Crippen molar-refractivity contribution in [2.24, 2.45) is 0 Å². The molecule has 0 bridgehead atoms. The van der Waals surface area contributed by atoms with Crippen LogP contribution in [0.5, 0.6) is 0 Å². The topological polar surface area (TPSA) is 79.6 Å². The summed E-state index contributed by atoms with van der Waals surface area (Å²) < 4.78 is 32.7. The number of furan rings is 1. The largest absolute Gasteiger partial charge is 0.472 e. The summed E-state index contributed by atoms with van der Waals surface area (Å²) in [7, 11) is -3.53. The van der Waals surface area contributed by atoms with Crippen LogP contribution in [0.1, 0.15) is 35.7 Å². The lowest BCUT2D eigenvalue weighted by molar-refractivity contribution is 0.0710. The number of hydrogen-bond acceptors (Lipinski definition) is 4. The monoisotopic (exact) mass is 362 g/mol. The maximum atomic E-state index is 12.5. The van der Waals surface area contributed by atoms with E-state index in [2.05, 4.69) is 4.72 Å². The van der Waals surface area contributed by atoms with Gasteiger partial charge in [-0.05, 0) is 43.0 Å². The number of rotatable bonds is 5. The molecule has 25 heavy (non-hydrogen) atoms. The Morgan fingerprint density at radius 1 is 1.20 bits per heavy atom. The third-order valence-electron chi connectivity index (χ3n) is 4.51. The van der Waals surface area contributed by atoms with Gasteiger partial charge in [0.25, 0.3) is 5.91 Å². The minimum atomic E-state index is -3.53. The quantitative estimate of drug-likeness (QED) is 0.886. The number of piperidine rings is 1. The fourth-order valence-corrected chi connectivity index (χ4v) is 4.27.